The second-order valence-electron chi connectivity index (χ2n) is 27.2. The second-order valence-corrected chi connectivity index (χ2v) is 28.7. The average molecular weight is 1390 g/mol. The molecule has 7 heterocycles. The molecule has 1 aromatic heterocycles. The number of thiocyanates is 1. The van der Waals surface area contributed by atoms with Gasteiger partial charge in [0.1, 0.15) is 23.7 Å². The normalized spacial score (nSPS) is 32.9. The van der Waals surface area contributed by atoms with Crippen LogP contribution in [0.2, 0.25) is 0 Å². The molecular formula is C63H90CoN14O14PS-. The number of imidazole rings is 1. The number of aryl methyl sites for hydroxylation is 2. The number of aliphatic imine (C=N–C) groups is 3. The molecule has 0 aliphatic carbocycles. The van der Waals surface area contributed by atoms with Crippen LogP contribution in [-0.4, -0.2) is 127 Å². The van der Waals surface area contributed by atoms with E-state index in [0.717, 1.165) is 11.1 Å². The summed E-state index contributed by atoms with van der Waals surface area (Å²) in [6.45, 7) is 19.1. The number of benzene rings is 1. The molecule has 2 aromatic rings. The van der Waals surface area contributed by atoms with Crippen LogP contribution in [0.4, 0.5) is 0 Å². The Hall–Kier alpha value is -6.65. The summed E-state index contributed by atoms with van der Waals surface area (Å²) in [5.74, 6) is -7.24. The van der Waals surface area contributed by atoms with Gasteiger partial charge in [-0.15, -0.1) is 0 Å². The number of carbonyl (C=O) groups excluding carboxylic acids is 7. The molecule has 16 N–H and O–H groups in total. The zero-order chi connectivity index (χ0) is 69.4. The minimum atomic E-state index is -5.32. The minimum absolute atomic E-state index is 0. The average Bonchev–Trinajstić information content (AvgIpc) is 1.53. The van der Waals surface area contributed by atoms with E-state index in [0.29, 0.717) is 56.4 Å². The van der Waals surface area contributed by atoms with Crippen molar-refractivity contribution in [2.75, 3.05) is 13.2 Å². The molecule has 28 nitrogen and oxygen atoms in total. The van der Waals surface area contributed by atoms with Crippen LogP contribution in [-0.2, 0) is 68.7 Å². The number of phosphoric ester groups is 1. The number of fused-ring (bicyclic) bond motifs is 7. The fourth-order valence-electron chi connectivity index (χ4n) is 15.4. The van der Waals surface area contributed by atoms with Gasteiger partial charge < -0.3 is 78.5 Å². The molecule has 0 saturated carbocycles. The largest absolute Gasteiger partial charge is 0.756 e. The van der Waals surface area contributed by atoms with Crippen LogP contribution < -0.4 is 49.9 Å². The van der Waals surface area contributed by atoms with Crippen molar-refractivity contribution in [3.63, 3.8) is 0 Å². The quantitative estimate of drug-likeness (QED) is 0.0366. The van der Waals surface area contributed by atoms with E-state index in [1.807, 2.05) is 87.4 Å². The number of hydrogen-bond donors (Lipinski definition) is 11. The number of nitrogens with one attached hydrogen (secondary N) is 2. The number of allylic oxidation sites excluding steroid dienone is 6. The van der Waals surface area contributed by atoms with E-state index in [2.05, 4.69) is 28.2 Å². The van der Waals surface area contributed by atoms with Gasteiger partial charge in [-0.25, -0.2) is 4.98 Å². The Morgan fingerprint density at radius 2 is 1.43 bits per heavy atom. The standard InChI is InChI=1S/C62H90N13O14P.CHNS.Co/c1-29-20-39-40(21-30(29)2)75(28-70-39)57-52(84)53(41(27-76)87-57)89-90(85,86)88-31(3)26-69-49(83)18-19-59(8)37(22-46(66)80)56-62(11)61(10,25-48(68)82)36(14-17-45(65)79)51(74-62)33(5)55-60(9,24-47(67)81)34(12-15-43(63)77)38(71-55)23-42-58(6,7)35(13-16-44(64)78)50(72-42)32(4)54(59)73-56;2-1-3;/h20-21,23,28,31,34-37,41,52-53,56-57,71,76,84H,12-19,22,24-27H2,1-11H3,(H2,63,77)(H2,64,78)(H2,65,79)(H2,66,80)(H2,67,81)(H2,68,82)(H,69,83)(H,85,86);3H;/p-1/b38-23-,50-32-,55-33-;;/t31?,34-,35-,36-,37?,41-,52-,53+,56?,57+,59-,60+,61+,62?;;/m1../s1. The summed E-state index contributed by atoms with van der Waals surface area (Å²) >= 11 is 3.09. The van der Waals surface area contributed by atoms with Gasteiger partial charge in [-0.05, 0) is 108 Å². The number of rotatable bonds is 26. The molecule has 6 aliphatic rings. The van der Waals surface area contributed by atoms with Gasteiger partial charge in [-0.3, -0.25) is 53.1 Å². The number of aliphatic hydroxyl groups is 2. The van der Waals surface area contributed by atoms with Gasteiger partial charge in [-0.2, -0.15) is 5.26 Å². The van der Waals surface area contributed by atoms with Crippen LogP contribution in [0.3, 0.4) is 0 Å². The monoisotopic (exact) mass is 1390 g/mol. The topological polar surface area (TPSA) is 487 Å². The Bertz CT molecular complexity index is 3660. The number of nitrogens with zero attached hydrogens (tertiary/aromatic N) is 6. The van der Waals surface area contributed by atoms with E-state index < -0.39 is 143 Å². The Balaban J connectivity index is 0.00000343. The summed E-state index contributed by atoms with van der Waals surface area (Å²) in [6.07, 6.45) is -4.57. The van der Waals surface area contributed by atoms with E-state index in [4.69, 9.17) is 68.4 Å². The second kappa shape index (κ2) is 29.4. The Morgan fingerprint density at radius 3 is 1.99 bits per heavy atom. The smallest absolute Gasteiger partial charge is 0.268 e. The number of phosphoric acid groups is 1. The van der Waals surface area contributed by atoms with Gasteiger partial charge in [0, 0.05) is 148 Å². The minimum Gasteiger partial charge on any atom is -0.756 e. The molecule has 15 atom stereocenters. The Labute approximate surface area is 562 Å². The fraction of sp³-hybridized carbons (Fsp3) is 0.619. The van der Waals surface area contributed by atoms with Crippen molar-refractivity contribution in [3.8, 4) is 5.40 Å². The zero-order valence-corrected chi connectivity index (χ0v) is 57.8. The number of nitrogens with two attached hydrogens (primary N) is 6. The summed E-state index contributed by atoms with van der Waals surface area (Å²) in [6, 6.07) is 2.67. The maximum absolute atomic E-state index is 14.4. The fourth-order valence-corrected chi connectivity index (χ4v) is 16.6. The molecule has 8 rings (SSSR count). The molecule has 94 heavy (non-hydrogen) atoms. The first-order valence-electron chi connectivity index (χ1n) is 31.0. The van der Waals surface area contributed by atoms with Crippen LogP contribution in [0.1, 0.15) is 150 Å². The summed E-state index contributed by atoms with van der Waals surface area (Å²) in [5, 5.41) is 36.8. The first-order valence-corrected chi connectivity index (χ1v) is 32.9. The van der Waals surface area contributed by atoms with Crippen molar-refractivity contribution in [2.45, 2.75) is 189 Å². The number of thiol groups is 1. The van der Waals surface area contributed by atoms with Crippen LogP contribution in [0, 0.1) is 69.8 Å². The molecule has 0 spiro atoms. The Kier molecular flexibility index (Phi) is 23.9. The van der Waals surface area contributed by atoms with Crippen molar-refractivity contribution in [3.05, 3.63) is 63.9 Å². The van der Waals surface area contributed by atoms with E-state index in [9.17, 15) is 53.2 Å². The van der Waals surface area contributed by atoms with Gasteiger partial charge in [0.2, 0.25) is 41.4 Å². The molecule has 1 aromatic carbocycles. The predicted molar refractivity (Wildman–Crippen MR) is 346 cm³/mol. The third kappa shape index (κ3) is 15.1. The summed E-state index contributed by atoms with van der Waals surface area (Å²) < 4.78 is 31.9. The molecule has 31 heteroatoms. The van der Waals surface area contributed by atoms with E-state index in [1.165, 1.54) is 23.2 Å². The molecular weight excluding hydrogens is 1300 g/mol. The zero-order valence-electron chi connectivity index (χ0n) is 54.9. The van der Waals surface area contributed by atoms with E-state index in [1.54, 1.807) is 0 Å². The van der Waals surface area contributed by atoms with Crippen molar-refractivity contribution < 1.29 is 83.8 Å². The van der Waals surface area contributed by atoms with Gasteiger partial charge in [0.15, 0.2) is 6.23 Å². The predicted octanol–water partition coefficient (Wildman–Crippen LogP) is 2.93. The first-order chi connectivity index (χ1) is 43.2. The number of aliphatic hydroxyl groups excluding tert-OH is 2. The van der Waals surface area contributed by atoms with Gasteiger partial charge in [0.25, 0.3) is 7.82 Å². The molecule has 1 radical (unpaired) electrons. The summed E-state index contributed by atoms with van der Waals surface area (Å²) in [4.78, 5) is 128. The van der Waals surface area contributed by atoms with Gasteiger partial charge >= 0.3 is 0 Å². The number of aromatic nitrogens is 2. The molecule has 2 fully saturated rings. The number of carbonyl (C=O) groups is 7. The van der Waals surface area contributed by atoms with Crippen LogP contribution in [0.15, 0.2) is 67.8 Å². The molecule has 2 saturated heterocycles. The van der Waals surface area contributed by atoms with Gasteiger partial charge in [0.05, 0.1) is 41.7 Å². The molecule has 8 bridgehead atoms. The van der Waals surface area contributed by atoms with Gasteiger partial charge in [-0.1, -0.05) is 47.2 Å². The van der Waals surface area contributed by atoms with Crippen molar-refractivity contribution >= 4 is 90.0 Å². The number of amides is 7. The third-order valence-corrected chi connectivity index (χ3v) is 21.7. The number of hydrogen-bond acceptors (Lipinski definition) is 21. The third-order valence-electron chi connectivity index (χ3n) is 20.6. The SMILES string of the molecule is C/C1=C2N=C(/C=C3\N/C(=C(/C)C4=NC(C)(C5N=C1[C@](C)(CCC(=O)NCC(C)OP(=O)([O-])O[C@@H]1[C@@H](O)[C@@H](n6cnc7cc(C)c(C)cc76)O[C@@H]1CO)C5CC(N)=O)[C@@](C)(CC(N)=O)[C@@H]4CCC(N)=O)[C@@](C)(CC(N)=O)[C@@H]3CCC(N)=O)C(C)(C)[C@@H]/2CCC(N)=O.N#CS.[Co]. The number of primary amides is 6. The molecule has 7 amide bonds. The van der Waals surface area contributed by atoms with Crippen molar-refractivity contribution in [1.29, 1.82) is 5.26 Å². The number of ether oxygens (including phenoxy) is 1. The maximum atomic E-state index is 14.4. The van der Waals surface area contributed by atoms with Crippen molar-refractivity contribution in [2.24, 2.45) is 94.7 Å². The molecule has 5 unspecified atom stereocenters. The van der Waals surface area contributed by atoms with E-state index >= 15 is 0 Å². The maximum Gasteiger partial charge on any atom is 0.268 e. The molecule has 6 aliphatic heterocycles. The van der Waals surface area contributed by atoms with E-state index in [-0.39, 0.29) is 94.0 Å². The van der Waals surface area contributed by atoms with Crippen LogP contribution in [0.25, 0.3) is 11.0 Å². The number of nitriles is 1. The van der Waals surface area contributed by atoms with Crippen molar-refractivity contribution in [1.82, 2.24) is 20.2 Å². The summed E-state index contributed by atoms with van der Waals surface area (Å²) in [7, 11) is -5.32. The van der Waals surface area contributed by atoms with Crippen LogP contribution >= 0.6 is 20.5 Å². The first kappa shape index (κ1) is 76.4. The molecule has 517 valence electrons. The summed E-state index contributed by atoms with van der Waals surface area (Å²) in [5.41, 5.74) is 37.2. The Morgan fingerprint density at radius 1 is 0.851 bits per heavy atom. The van der Waals surface area contributed by atoms with Crippen LogP contribution in [0.5, 0.6) is 0 Å².